The molecule has 0 bridgehead atoms. The Kier molecular flexibility index (Phi) is 13.2. The van der Waals surface area contributed by atoms with Crippen molar-refractivity contribution < 1.29 is 36.5 Å². The van der Waals surface area contributed by atoms with Crippen molar-refractivity contribution in [2.45, 2.75) is 153 Å². The van der Waals surface area contributed by atoms with Crippen molar-refractivity contribution in [2.75, 3.05) is 9.80 Å². The lowest BCUT2D eigenvalue weighted by molar-refractivity contribution is 0.367. The van der Waals surface area contributed by atoms with Gasteiger partial charge in [-0.3, -0.25) is 0 Å². The summed E-state index contributed by atoms with van der Waals surface area (Å²) in [6, 6.07) is 47.1. The fourth-order valence-electron chi connectivity index (χ4n) is 22.1. The molecule has 0 N–H and O–H groups in total. The summed E-state index contributed by atoms with van der Waals surface area (Å²) in [5.41, 5.74) is 13.8. The van der Waals surface area contributed by atoms with Crippen molar-refractivity contribution in [2.24, 2.45) is 35.5 Å². The first-order chi connectivity index (χ1) is 47.7. The molecule has 6 atom stereocenters. The van der Waals surface area contributed by atoms with Crippen LogP contribution in [0.15, 0.2) is 146 Å². The Hall–Kier alpha value is -8.31. The van der Waals surface area contributed by atoms with Gasteiger partial charge >= 0.3 is 0 Å². The standard InChI is InChI=1S/C84H75B3F4N2O4/c88-64-24-14-25-65(89)83(64)92-68-44-75-63(42-60(68)85-58-22-10-12-28-72(58)94-76-38-55(36-70(92)80(76)85)52-30-46-16-4-1-5-17-47(46)31-52)87-61-43-62-74(97-79-41-57(54-34-50-20-8-3-9-21-51(50)35-54)40-78-82(79)86(62)59-23-11-13-29-73(59)95-78)45-69(61)93(84-66(90)26-15-27-67(84)91)71-37-56(39-77(96-75)81(71)87)53-32-48-18-6-2-7-19-49(48)33-53/h10-15,22-29,36-54H,1-9,16-21,30-35H2. The SMILES string of the molecule is Fc1cccc(F)c1N1c2cc3c(cc2B2c4cc5c(cc4Oc4cc(C6CC7CCCCCC7C6)cc1c42)N(c1c(F)cccc1F)c1cc(C2CC4CCCCCC4C2)cc2c1B5c1ccccc1O2)B1c2ccccc2Oc2cc(C4CC5CCCCCC5C4)cc(c21)O3. The van der Waals surface area contributed by atoms with Crippen molar-refractivity contribution in [3.8, 4) is 46.0 Å². The van der Waals surface area contributed by atoms with Gasteiger partial charge in [0, 0.05) is 40.3 Å². The van der Waals surface area contributed by atoms with Crippen molar-refractivity contribution in [1.82, 2.24) is 0 Å². The van der Waals surface area contributed by atoms with Gasteiger partial charge in [0.05, 0.1) is 0 Å². The number of rotatable bonds is 5. The van der Waals surface area contributed by atoms with Crippen LogP contribution in [0.2, 0.25) is 0 Å². The second kappa shape index (κ2) is 22.1. The predicted molar refractivity (Wildman–Crippen MR) is 382 cm³/mol. The molecule has 0 saturated heterocycles. The van der Waals surface area contributed by atoms with Gasteiger partial charge in [0.15, 0.2) is 0 Å². The summed E-state index contributed by atoms with van der Waals surface area (Å²) in [6.07, 6.45) is 25.5. The third-order valence-electron chi connectivity index (χ3n) is 26.4. The van der Waals surface area contributed by atoms with Crippen molar-refractivity contribution >= 4 is 103 Å². The van der Waals surface area contributed by atoms with Gasteiger partial charge < -0.3 is 28.7 Å². The van der Waals surface area contributed by atoms with Gasteiger partial charge in [-0.25, -0.2) is 17.6 Å². The van der Waals surface area contributed by atoms with Crippen LogP contribution in [0.25, 0.3) is 0 Å². The largest absolute Gasteiger partial charge is 0.458 e. The zero-order valence-electron chi connectivity index (χ0n) is 54.7. The molecule has 482 valence electrons. The minimum Gasteiger partial charge on any atom is -0.458 e. The molecule has 6 aliphatic carbocycles. The van der Waals surface area contributed by atoms with Crippen LogP contribution >= 0.6 is 0 Å². The van der Waals surface area contributed by atoms with E-state index in [1.54, 1.807) is 0 Å². The summed E-state index contributed by atoms with van der Waals surface area (Å²) < 4.78 is 99.1. The molecule has 0 radical (unpaired) electrons. The Morgan fingerprint density at radius 1 is 0.278 bits per heavy atom. The van der Waals surface area contributed by atoms with Gasteiger partial charge in [-0.05, 0) is 225 Å². The highest BCUT2D eigenvalue weighted by Crippen LogP contribution is 2.56. The number of benzene rings is 9. The van der Waals surface area contributed by atoms with Crippen LogP contribution in [0.1, 0.15) is 169 Å². The van der Waals surface area contributed by atoms with Gasteiger partial charge in [0.25, 0.3) is 20.1 Å². The van der Waals surface area contributed by atoms with E-state index in [4.69, 9.17) is 18.9 Å². The van der Waals surface area contributed by atoms with Crippen molar-refractivity contribution in [3.63, 3.8) is 0 Å². The first-order valence-electron chi connectivity index (χ1n) is 37.0. The molecule has 21 rings (SSSR count). The Bertz CT molecular complexity index is 4740. The Balaban J connectivity index is 0.803. The lowest BCUT2D eigenvalue weighted by Crippen LogP contribution is -2.65. The molecule has 6 fully saturated rings. The van der Waals surface area contributed by atoms with Gasteiger partial charge in [-0.2, -0.15) is 0 Å². The molecular formula is C84H75B3F4N2O4. The number of nitrogens with zero attached hydrogens (tertiary/aromatic N) is 2. The third kappa shape index (κ3) is 8.85. The molecule has 0 amide bonds. The smallest absolute Gasteiger partial charge is 0.260 e. The summed E-state index contributed by atoms with van der Waals surface area (Å²) in [6.45, 7) is -1.31. The molecule has 13 heteroatoms. The lowest BCUT2D eigenvalue weighted by Gasteiger charge is -2.44. The predicted octanol–water partition coefficient (Wildman–Crippen LogP) is 17.0. The van der Waals surface area contributed by atoms with Crippen molar-refractivity contribution in [1.29, 1.82) is 0 Å². The molecule has 9 aromatic rings. The Labute approximate surface area is 566 Å². The zero-order valence-corrected chi connectivity index (χ0v) is 54.7. The highest BCUT2D eigenvalue weighted by molar-refractivity contribution is 7.03. The van der Waals surface area contributed by atoms with E-state index in [0.29, 0.717) is 75.3 Å². The molecule has 0 aromatic heterocycles. The number of fused-ring (bicyclic) bond motifs is 15. The normalized spacial score (nSPS) is 25.4. The average molecular weight is 1280 g/mol. The summed E-state index contributed by atoms with van der Waals surface area (Å²) in [4.78, 5) is 3.68. The van der Waals surface area contributed by atoms with Gasteiger partial charge in [-0.15, -0.1) is 0 Å². The van der Waals surface area contributed by atoms with Crippen LogP contribution in [-0.2, 0) is 0 Å². The van der Waals surface area contributed by atoms with E-state index in [0.717, 1.165) is 134 Å². The zero-order chi connectivity index (χ0) is 64.1. The van der Waals surface area contributed by atoms with E-state index in [2.05, 4.69) is 91.0 Å². The molecule has 0 spiro atoms. The van der Waals surface area contributed by atoms with Crippen molar-refractivity contribution in [3.05, 3.63) is 186 Å². The number of hydrogen-bond acceptors (Lipinski definition) is 6. The lowest BCUT2D eigenvalue weighted by atomic mass is 9.29. The molecule has 9 aromatic carbocycles. The number of para-hydroxylation sites is 4. The van der Waals surface area contributed by atoms with Crippen LogP contribution in [0, 0.1) is 58.8 Å². The summed E-state index contributed by atoms with van der Waals surface area (Å²) in [7, 11) is 0. The number of hydrogen-bond donors (Lipinski definition) is 0. The monoisotopic (exact) mass is 1280 g/mol. The molecule has 6 unspecified atom stereocenters. The topological polar surface area (TPSA) is 43.4 Å². The molecule has 6 saturated carbocycles. The molecule has 6 nitrogen and oxygen atoms in total. The minimum absolute atomic E-state index is 0.159. The van der Waals surface area contributed by atoms with E-state index >= 15 is 17.6 Å². The highest BCUT2D eigenvalue weighted by Gasteiger charge is 2.52. The fraction of sp³-hybridized carbons (Fsp3) is 0.357. The van der Waals surface area contributed by atoms with Gasteiger partial charge in [0.1, 0.15) is 80.6 Å². The van der Waals surface area contributed by atoms with E-state index < -0.39 is 36.7 Å². The van der Waals surface area contributed by atoms with Crippen LogP contribution in [0.3, 0.4) is 0 Å². The number of ether oxygens (including phenoxy) is 4. The van der Waals surface area contributed by atoms with E-state index in [-0.39, 0.29) is 29.9 Å². The van der Waals surface area contributed by atoms with Crippen LogP contribution in [0.4, 0.5) is 51.7 Å². The molecule has 97 heavy (non-hydrogen) atoms. The molecule has 6 aliphatic heterocycles. The second-order valence-electron chi connectivity index (χ2n) is 31.3. The van der Waals surface area contributed by atoms with Crippen LogP contribution in [0.5, 0.6) is 46.0 Å². The molecular weight excluding hydrogens is 1210 g/mol. The van der Waals surface area contributed by atoms with E-state index in [1.807, 2.05) is 28.0 Å². The summed E-state index contributed by atoms with van der Waals surface area (Å²) >= 11 is 0. The Morgan fingerprint density at radius 3 is 0.979 bits per heavy atom. The number of anilines is 6. The van der Waals surface area contributed by atoms with Crippen LogP contribution < -0.4 is 77.9 Å². The van der Waals surface area contributed by atoms with Crippen LogP contribution in [-0.4, -0.2) is 20.1 Å². The average Bonchev–Trinajstić information content (AvgIpc) is 0.706. The van der Waals surface area contributed by atoms with Gasteiger partial charge in [0.2, 0.25) is 0 Å². The maximum Gasteiger partial charge on any atom is 0.260 e. The molecule has 6 heterocycles. The van der Waals surface area contributed by atoms with E-state index in [9.17, 15) is 0 Å². The summed E-state index contributed by atoms with van der Waals surface area (Å²) in [5.74, 6) is 7.63. The minimum atomic E-state index is -0.680. The summed E-state index contributed by atoms with van der Waals surface area (Å²) in [5, 5.41) is 0. The maximum atomic E-state index is 17.5. The van der Waals surface area contributed by atoms with Gasteiger partial charge in [-0.1, -0.05) is 157 Å². The first kappa shape index (κ1) is 57.7. The quantitative estimate of drug-likeness (QED) is 0.126. The maximum absolute atomic E-state index is 17.5. The third-order valence-corrected chi connectivity index (χ3v) is 26.4. The Morgan fingerprint density at radius 2 is 0.598 bits per heavy atom. The first-order valence-corrected chi connectivity index (χ1v) is 37.0. The second-order valence-corrected chi connectivity index (χ2v) is 31.3. The number of halogens is 4. The highest BCUT2D eigenvalue weighted by atomic mass is 19.1. The molecule has 12 aliphatic rings. The fourth-order valence-corrected chi connectivity index (χ4v) is 22.1. The van der Waals surface area contributed by atoms with E-state index in [1.165, 1.54) is 138 Å².